The summed E-state index contributed by atoms with van der Waals surface area (Å²) >= 11 is 1.70. The van der Waals surface area contributed by atoms with E-state index in [4.69, 9.17) is 4.74 Å². The fraction of sp³-hybridized carbons (Fsp3) is 0.182. The van der Waals surface area contributed by atoms with Crippen LogP contribution in [0.3, 0.4) is 0 Å². The average Bonchev–Trinajstić information content (AvgIpc) is 2.67. The van der Waals surface area contributed by atoms with Gasteiger partial charge in [-0.3, -0.25) is 0 Å². The molecule has 1 aliphatic rings. The van der Waals surface area contributed by atoms with Crippen LogP contribution < -0.4 is 0 Å². The van der Waals surface area contributed by atoms with Crippen LogP contribution >= 0.6 is 11.8 Å². The SMILES string of the molecule is COC1=CCSC1=Nc1ccccc1. The van der Waals surface area contributed by atoms with Crippen LogP contribution in [0.2, 0.25) is 0 Å². The highest BCUT2D eigenvalue weighted by Crippen LogP contribution is 2.25. The molecule has 1 aliphatic heterocycles. The zero-order valence-corrected chi connectivity index (χ0v) is 8.75. The maximum atomic E-state index is 5.21. The Hall–Kier alpha value is -1.22. The van der Waals surface area contributed by atoms with Gasteiger partial charge in [-0.05, 0) is 18.2 Å². The molecule has 0 amide bonds. The van der Waals surface area contributed by atoms with Crippen molar-refractivity contribution < 1.29 is 4.74 Å². The van der Waals surface area contributed by atoms with Gasteiger partial charge in [0.2, 0.25) is 0 Å². The Labute approximate surface area is 87.7 Å². The number of rotatable bonds is 2. The summed E-state index contributed by atoms with van der Waals surface area (Å²) in [6.07, 6.45) is 2.05. The molecule has 0 fully saturated rings. The molecule has 0 saturated carbocycles. The van der Waals surface area contributed by atoms with E-state index in [-0.39, 0.29) is 0 Å². The van der Waals surface area contributed by atoms with E-state index in [1.165, 1.54) is 0 Å². The van der Waals surface area contributed by atoms with E-state index in [1.54, 1.807) is 18.9 Å². The molecule has 0 aliphatic carbocycles. The zero-order valence-electron chi connectivity index (χ0n) is 7.93. The van der Waals surface area contributed by atoms with Crippen molar-refractivity contribution in [3.05, 3.63) is 42.2 Å². The summed E-state index contributed by atoms with van der Waals surface area (Å²) in [5, 5.41) is 0.971. The molecule has 0 N–H and O–H groups in total. The van der Waals surface area contributed by atoms with Gasteiger partial charge in [-0.1, -0.05) is 30.0 Å². The first-order chi connectivity index (χ1) is 6.90. The number of ether oxygens (including phenoxy) is 1. The molecular weight excluding hydrogens is 194 g/mol. The molecule has 72 valence electrons. The first-order valence-corrected chi connectivity index (χ1v) is 5.40. The maximum absolute atomic E-state index is 5.21. The summed E-state index contributed by atoms with van der Waals surface area (Å²) in [5.74, 6) is 1.84. The van der Waals surface area contributed by atoms with E-state index in [0.717, 1.165) is 22.2 Å². The Morgan fingerprint density at radius 3 is 2.79 bits per heavy atom. The van der Waals surface area contributed by atoms with Gasteiger partial charge in [0.25, 0.3) is 0 Å². The van der Waals surface area contributed by atoms with Crippen LogP contribution in [0.4, 0.5) is 5.69 Å². The predicted octanol–water partition coefficient (Wildman–Crippen LogP) is 2.99. The highest BCUT2D eigenvalue weighted by Gasteiger charge is 2.13. The predicted molar refractivity (Wildman–Crippen MR) is 61.1 cm³/mol. The van der Waals surface area contributed by atoms with E-state index < -0.39 is 0 Å². The Morgan fingerprint density at radius 1 is 1.29 bits per heavy atom. The van der Waals surface area contributed by atoms with Crippen molar-refractivity contribution in [3.63, 3.8) is 0 Å². The molecule has 0 unspecified atom stereocenters. The maximum Gasteiger partial charge on any atom is 0.147 e. The van der Waals surface area contributed by atoms with Gasteiger partial charge in [-0.15, -0.1) is 0 Å². The van der Waals surface area contributed by atoms with Crippen LogP contribution in [0.25, 0.3) is 0 Å². The molecule has 0 atom stereocenters. The minimum Gasteiger partial charge on any atom is -0.494 e. The normalized spacial score (nSPS) is 18.4. The second-order valence-electron chi connectivity index (χ2n) is 2.84. The lowest BCUT2D eigenvalue weighted by atomic mass is 10.3. The molecule has 0 radical (unpaired) electrons. The van der Waals surface area contributed by atoms with Gasteiger partial charge in [0.15, 0.2) is 0 Å². The van der Waals surface area contributed by atoms with E-state index >= 15 is 0 Å². The molecule has 0 bridgehead atoms. The lowest BCUT2D eigenvalue weighted by molar-refractivity contribution is 0.316. The Morgan fingerprint density at radius 2 is 2.07 bits per heavy atom. The smallest absolute Gasteiger partial charge is 0.147 e. The van der Waals surface area contributed by atoms with E-state index in [0.29, 0.717) is 0 Å². The summed E-state index contributed by atoms with van der Waals surface area (Å²) in [5.41, 5.74) is 0.972. The van der Waals surface area contributed by atoms with Gasteiger partial charge in [0.05, 0.1) is 12.8 Å². The standard InChI is InChI=1S/C11H11NOS/c1-13-10-7-8-14-11(10)12-9-5-3-2-4-6-9/h2-7H,8H2,1H3. The number of nitrogens with zero attached hydrogens (tertiary/aromatic N) is 1. The van der Waals surface area contributed by atoms with Crippen molar-refractivity contribution in [2.75, 3.05) is 12.9 Å². The zero-order chi connectivity index (χ0) is 9.80. The second-order valence-corrected chi connectivity index (χ2v) is 3.84. The molecule has 0 spiro atoms. The number of benzene rings is 1. The Bertz CT molecular complexity index is 370. The largest absolute Gasteiger partial charge is 0.494 e. The number of thioether (sulfide) groups is 1. The average molecular weight is 205 g/mol. The quantitative estimate of drug-likeness (QED) is 0.740. The summed E-state index contributed by atoms with van der Waals surface area (Å²) < 4.78 is 5.21. The van der Waals surface area contributed by atoms with Crippen molar-refractivity contribution in [2.24, 2.45) is 4.99 Å². The van der Waals surface area contributed by atoms with Crippen LogP contribution in [0.1, 0.15) is 0 Å². The van der Waals surface area contributed by atoms with Crippen molar-refractivity contribution in [1.82, 2.24) is 0 Å². The van der Waals surface area contributed by atoms with Crippen molar-refractivity contribution in [2.45, 2.75) is 0 Å². The minimum atomic E-state index is 0.888. The summed E-state index contributed by atoms with van der Waals surface area (Å²) in [7, 11) is 1.68. The fourth-order valence-electron chi connectivity index (χ4n) is 1.23. The molecule has 2 rings (SSSR count). The minimum absolute atomic E-state index is 0.888. The fourth-order valence-corrected chi connectivity index (χ4v) is 2.10. The number of hydrogen-bond acceptors (Lipinski definition) is 3. The van der Waals surface area contributed by atoms with Crippen LogP contribution in [0.15, 0.2) is 47.2 Å². The Balaban J connectivity index is 2.23. The lowest BCUT2D eigenvalue weighted by Crippen LogP contribution is -1.94. The molecule has 1 aromatic carbocycles. The number of para-hydroxylation sites is 1. The van der Waals surface area contributed by atoms with Crippen molar-refractivity contribution in [3.8, 4) is 0 Å². The highest BCUT2D eigenvalue weighted by molar-refractivity contribution is 8.14. The number of methoxy groups -OCH3 is 1. The molecule has 0 aromatic heterocycles. The Kier molecular flexibility index (Phi) is 2.89. The molecule has 0 saturated heterocycles. The molecule has 3 heteroatoms. The van der Waals surface area contributed by atoms with Gasteiger partial charge < -0.3 is 4.74 Å². The molecule has 14 heavy (non-hydrogen) atoms. The summed E-state index contributed by atoms with van der Waals surface area (Å²) in [6, 6.07) is 9.92. The topological polar surface area (TPSA) is 21.6 Å². The van der Waals surface area contributed by atoms with E-state index in [9.17, 15) is 0 Å². The van der Waals surface area contributed by atoms with E-state index in [2.05, 4.69) is 4.99 Å². The van der Waals surface area contributed by atoms with Gasteiger partial charge in [-0.25, -0.2) is 4.99 Å². The van der Waals surface area contributed by atoms with Gasteiger partial charge in [0, 0.05) is 5.75 Å². The highest BCUT2D eigenvalue weighted by atomic mass is 32.2. The molecule has 2 nitrogen and oxygen atoms in total. The molecule has 1 heterocycles. The molecular formula is C11H11NOS. The number of aliphatic imine (C=N–C) groups is 1. The third kappa shape index (κ3) is 1.99. The van der Waals surface area contributed by atoms with Gasteiger partial charge in [0.1, 0.15) is 10.8 Å². The van der Waals surface area contributed by atoms with Crippen LogP contribution in [-0.4, -0.2) is 17.9 Å². The summed E-state index contributed by atoms with van der Waals surface area (Å²) in [6.45, 7) is 0. The second kappa shape index (κ2) is 4.33. The van der Waals surface area contributed by atoms with Crippen LogP contribution in [0, 0.1) is 0 Å². The van der Waals surface area contributed by atoms with Gasteiger partial charge >= 0.3 is 0 Å². The van der Waals surface area contributed by atoms with Crippen molar-refractivity contribution in [1.29, 1.82) is 0 Å². The van der Waals surface area contributed by atoms with Crippen LogP contribution in [-0.2, 0) is 4.74 Å². The van der Waals surface area contributed by atoms with Crippen LogP contribution in [0.5, 0.6) is 0 Å². The first-order valence-electron chi connectivity index (χ1n) is 4.41. The molecule has 1 aromatic rings. The first kappa shape index (κ1) is 9.34. The monoisotopic (exact) mass is 205 g/mol. The lowest BCUT2D eigenvalue weighted by Gasteiger charge is -2.01. The third-order valence-electron chi connectivity index (χ3n) is 1.91. The van der Waals surface area contributed by atoms with E-state index in [1.807, 2.05) is 36.4 Å². The van der Waals surface area contributed by atoms with Gasteiger partial charge in [-0.2, -0.15) is 0 Å². The number of hydrogen-bond donors (Lipinski definition) is 0. The van der Waals surface area contributed by atoms with Crippen molar-refractivity contribution >= 4 is 22.5 Å². The summed E-state index contributed by atoms with van der Waals surface area (Å²) in [4.78, 5) is 4.50. The third-order valence-corrected chi connectivity index (χ3v) is 2.81.